The van der Waals surface area contributed by atoms with Crippen LogP contribution in [0.5, 0.6) is 0 Å². The first-order valence-corrected chi connectivity index (χ1v) is 6.56. The molecule has 1 N–H and O–H groups in total. The number of hydrogen-bond acceptors (Lipinski definition) is 4. The first-order chi connectivity index (χ1) is 9.09. The molecule has 1 aromatic heterocycles. The quantitative estimate of drug-likeness (QED) is 0.880. The largest absolute Gasteiger partial charge is 0.480 e. The molecule has 2 aliphatic rings. The van der Waals surface area contributed by atoms with Gasteiger partial charge < -0.3 is 10.0 Å². The average Bonchev–Trinajstić information content (AvgIpc) is 2.91. The summed E-state index contributed by atoms with van der Waals surface area (Å²) in [5, 5.41) is 9.44. The van der Waals surface area contributed by atoms with Crippen molar-refractivity contribution in [3.8, 4) is 0 Å². The van der Waals surface area contributed by atoms with Crippen molar-refractivity contribution in [3.05, 3.63) is 17.8 Å². The molecule has 0 amide bonds. The molecule has 3 unspecified atom stereocenters. The Hall–Kier alpha value is -1.72. The van der Waals surface area contributed by atoms with Crippen LogP contribution in [0.15, 0.2) is 6.33 Å². The van der Waals surface area contributed by atoms with Crippen LogP contribution in [-0.2, 0) is 4.79 Å². The first kappa shape index (κ1) is 12.3. The minimum absolute atomic E-state index is 0.118. The molecule has 0 spiro atoms. The predicted octanol–water partition coefficient (Wildman–Crippen LogP) is 1.61. The number of rotatable bonds is 2. The highest BCUT2D eigenvalue weighted by Crippen LogP contribution is 2.44. The van der Waals surface area contributed by atoms with E-state index in [0.717, 1.165) is 19.3 Å². The van der Waals surface area contributed by atoms with Crippen molar-refractivity contribution in [2.75, 3.05) is 11.4 Å². The van der Waals surface area contributed by atoms with Gasteiger partial charge in [0, 0.05) is 6.54 Å². The van der Waals surface area contributed by atoms with E-state index in [1.807, 2.05) is 0 Å². The van der Waals surface area contributed by atoms with Crippen LogP contribution in [-0.4, -0.2) is 33.6 Å². The van der Waals surface area contributed by atoms with Gasteiger partial charge in [-0.3, -0.25) is 0 Å². The lowest BCUT2D eigenvalue weighted by Gasteiger charge is -2.25. The molecule has 1 saturated carbocycles. The lowest BCUT2D eigenvalue weighted by atomic mass is 9.94. The van der Waals surface area contributed by atoms with E-state index in [-0.39, 0.29) is 17.4 Å². The second-order valence-electron chi connectivity index (χ2n) is 5.39. The summed E-state index contributed by atoms with van der Waals surface area (Å²) in [6.45, 7) is 2.14. The first-order valence-electron chi connectivity index (χ1n) is 6.56. The Morgan fingerprint density at radius 2 is 2.26 bits per heavy atom. The number of aliphatic carboxylic acids is 1. The normalized spacial score (nSPS) is 29.6. The minimum Gasteiger partial charge on any atom is -0.480 e. The summed E-state index contributed by atoms with van der Waals surface area (Å²) < 4.78 is 14.1. The van der Waals surface area contributed by atoms with Crippen molar-refractivity contribution >= 4 is 11.8 Å². The molecule has 1 saturated heterocycles. The maximum Gasteiger partial charge on any atom is 0.326 e. The fraction of sp³-hybridized carbons (Fsp3) is 0.615. The summed E-state index contributed by atoms with van der Waals surface area (Å²) >= 11 is 0. The smallest absolute Gasteiger partial charge is 0.326 e. The number of hydrogen-bond donors (Lipinski definition) is 1. The molecule has 0 bridgehead atoms. The van der Waals surface area contributed by atoms with Crippen molar-refractivity contribution in [3.63, 3.8) is 0 Å². The van der Waals surface area contributed by atoms with E-state index in [4.69, 9.17) is 0 Å². The molecule has 5 nitrogen and oxygen atoms in total. The summed E-state index contributed by atoms with van der Waals surface area (Å²) in [5.74, 6) is -0.795. The summed E-state index contributed by atoms with van der Waals surface area (Å²) in [7, 11) is 0. The SMILES string of the molecule is Cc1ncnc(N2CC3CCCC3C2C(=O)O)c1F. The molecule has 102 valence electrons. The molecular formula is C13H16FN3O2. The molecule has 0 aromatic carbocycles. The molecule has 0 radical (unpaired) electrons. The molecule has 6 heteroatoms. The highest BCUT2D eigenvalue weighted by molar-refractivity contribution is 5.79. The molecule has 3 atom stereocenters. The van der Waals surface area contributed by atoms with Crippen molar-refractivity contribution in [2.24, 2.45) is 11.8 Å². The zero-order valence-corrected chi connectivity index (χ0v) is 10.7. The maximum atomic E-state index is 14.1. The Bertz CT molecular complexity index is 523. The molecule has 19 heavy (non-hydrogen) atoms. The lowest BCUT2D eigenvalue weighted by Crippen LogP contribution is -2.40. The van der Waals surface area contributed by atoms with Gasteiger partial charge >= 0.3 is 5.97 Å². The Morgan fingerprint density at radius 1 is 1.47 bits per heavy atom. The van der Waals surface area contributed by atoms with Gasteiger partial charge in [-0.05, 0) is 31.6 Å². The third-order valence-corrected chi connectivity index (χ3v) is 4.36. The zero-order chi connectivity index (χ0) is 13.6. The van der Waals surface area contributed by atoms with Crippen molar-refractivity contribution in [2.45, 2.75) is 32.2 Å². The van der Waals surface area contributed by atoms with Gasteiger partial charge in [-0.25, -0.2) is 19.2 Å². The van der Waals surface area contributed by atoms with E-state index in [1.54, 1.807) is 11.8 Å². The highest BCUT2D eigenvalue weighted by Gasteiger charge is 2.48. The number of aryl methyl sites for hydroxylation is 1. The average molecular weight is 265 g/mol. The molecule has 2 fully saturated rings. The van der Waals surface area contributed by atoms with Crippen molar-refractivity contribution in [1.82, 2.24) is 9.97 Å². The molecule has 1 aliphatic carbocycles. The Kier molecular flexibility index (Phi) is 2.88. The van der Waals surface area contributed by atoms with Gasteiger partial charge in [-0.2, -0.15) is 0 Å². The number of carboxylic acid groups (broad SMARTS) is 1. The summed E-state index contributed by atoms with van der Waals surface area (Å²) in [6, 6.07) is -0.656. The predicted molar refractivity (Wildman–Crippen MR) is 66.3 cm³/mol. The standard InChI is InChI=1S/C13H16FN3O2/c1-7-10(14)12(16-6-15-7)17-5-8-3-2-4-9(8)11(17)13(18)19/h6,8-9,11H,2-5H2,1H3,(H,18,19). The Balaban J connectivity index is 2.00. The van der Waals surface area contributed by atoms with Gasteiger partial charge in [0.1, 0.15) is 12.4 Å². The fourth-order valence-electron chi connectivity index (χ4n) is 3.49. The zero-order valence-electron chi connectivity index (χ0n) is 10.7. The second-order valence-corrected chi connectivity index (χ2v) is 5.39. The monoisotopic (exact) mass is 265 g/mol. The summed E-state index contributed by atoms with van der Waals surface area (Å²) in [6.07, 6.45) is 4.29. The number of carbonyl (C=O) groups is 1. The number of fused-ring (bicyclic) bond motifs is 1. The van der Waals surface area contributed by atoms with Crippen LogP contribution < -0.4 is 4.90 Å². The topological polar surface area (TPSA) is 66.3 Å². The van der Waals surface area contributed by atoms with Gasteiger partial charge in [-0.15, -0.1) is 0 Å². The van der Waals surface area contributed by atoms with Crippen LogP contribution in [0, 0.1) is 24.6 Å². The van der Waals surface area contributed by atoms with Crippen LogP contribution in [0.25, 0.3) is 0 Å². The van der Waals surface area contributed by atoms with E-state index in [0.29, 0.717) is 12.5 Å². The van der Waals surface area contributed by atoms with Crippen molar-refractivity contribution < 1.29 is 14.3 Å². The van der Waals surface area contributed by atoms with E-state index in [9.17, 15) is 14.3 Å². The third kappa shape index (κ3) is 1.86. The summed E-state index contributed by atoms with van der Waals surface area (Å²) in [4.78, 5) is 20.9. The Labute approximate surface area is 110 Å². The van der Waals surface area contributed by atoms with Crippen LogP contribution in [0.3, 0.4) is 0 Å². The van der Waals surface area contributed by atoms with E-state index >= 15 is 0 Å². The van der Waals surface area contributed by atoms with Crippen LogP contribution in [0.2, 0.25) is 0 Å². The van der Waals surface area contributed by atoms with Gasteiger partial charge in [-0.1, -0.05) is 6.42 Å². The van der Waals surface area contributed by atoms with Crippen LogP contribution in [0.4, 0.5) is 10.2 Å². The third-order valence-electron chi connectivity index (χ3n) is 4.36. The molecule has 1 aliphatic heterocycles. The number of aromatic nitrogens is 2. The van der Waals surface area contributed by atoms with E-state index in [2.05, 4.69) is 9.97 Å². The van der Waals surface area contributed by atoms with E-state index in [1.165, 1.54) is 6.33 Å². The number of anilines is 1. The molecule has 2 heterocycles. The lowest BCUT2D eigenvalue weighted by molar-refractivity contribution is -0.139. The minimum atomic E-state index is -0.884. The van der Waals surface area contributed by atoms with Gasteiger partial charge in [0.2, 0.25) is 0 Å². The maximum absolute atomic E-state index is 14.1. The van der Waals surface area contributed by atoms with Crippen LogP contribution in [0.1, 0.15) is 25.0 Å². The van der Waals surface area contributed by atoms with Gasteiger partial charge in [0.25, 0.3) is 0 Å². The number of halogens is 1. The Morgan fingerprint density at radius 3 is 3.00 bits per heavy atom. The molecule has 3 rings (SSSR count). The highest BCUT2D eigenvalue weighted by atomic mass is 19.1. The van der Waals surface area contributed by atoms with Crippen molar-refractivity contribution in [1.29, 1.82) is 0 Å². The molecular weight excluding hydrogens is 249 g/mol. The molecule has 1 aromatic rings. The second kappa shape index (κ2) is 4.43. The van der Waals surface area contributed by atoms with Gasteiger partial charge in [0.05, 0.1) is 5.69 Å². The summed E-state index contributed by atoms with van der Waals surface area (Å²) in [5.41, 5.74) is 0.256. The number of carboxylic acids is 1. The van der Waals surface area contributed by atoms with Gasteiger partial charge in [0.15, 0.2) is 11.6 Å². The van der Waals surface area contributed by atoms with E-state index < -0.39 is 17.8 Å². The van der Waals surface area contributed by atoms with Crippen LogP contribution >= 0.6 is 0 Å². The fourth-order valence-corrected chi connectivity index (χ4v) is 3.49. The number of nitrogens with zero attached hydrogens (tertiary/aromatic N) is 3.